The molecular weight excluding hydrogens is 318 g/mol. The summed E-state index contributed by atoms with van der Waals surface area (Å²) < 4.78 is 30.8. The van der Waals surface area contributed by atoms with E-state index in [1.165, 1.54) is 35.5 Å². The third kappa shape index (κ3) is 3.37. The normalized spacial score (nSPS) is 10.6. The molecule has 3 rings (SSSR count). The first-order chi connectivity index (χ1) is 11.6. The Hall–Kier alpha value is -3.29. The zero-order valence-corrected chi connectivity index (χ0v) is 12.3. The minimum Gasteiger partial charge on any atom is -0.434 e. The van der Waals surface area contributed by atoms with Gasteiger partial charge >= 0.3 is 6.61 Å². The highest BCUT2D eigenvalue weighted by molar-refractivity contribution is 6.07. The molecule has 24 heavy (non-hydrogen) atoms. The average molecular weight is 330 g/mol. The van der Waals surface area contributed by atoms with Crippen LogP contribution in [0, 0.1) is 0 Å². The number of halogens is 2. The van der Waals surface area contributed by atoms with Crippen LogP contribution in [0.3, 0.4) is 0 Å². The molecule has 0 aliphatic carbocycles. The Kier molecular flexibility index (Phi) is 4.46. The third-order valence-electron chi connectivity index (χ3n) is 3.17. The van der Waals surface area contributed by atoms with Gasteiger partial charge in [0.15, 0.2) is 0 Å². The van der Waals surface area contributed by atoms with Gasteiger partial charge < -0.3 is 10.1 Å². The highest BCUT2D eigenvalue weighted by Crippen LogP contribution is 2.24. The summed E-state index contributed by atoms with van der Waals surface area (Å²) in [6, 6.07) is 12.7. The average Bonchev–Trinajstić information content (AvgIpc) is 3.09. The van der Waals surface area contributed by atoms with E-state index in [9.17, 15) is 13.6 Å². The van der Waals surface area contributed by atoms with Crippen LogP contribution >= 0.6 is 0 Å². The predicted octanol–water partition coefficient (Wildman–Crippen LogP) is 3.12. The quantitative estimate of drug-likeness (QED) is 0.780. The van der Waals surface area contributed by atoms with E-state index >= 15 is 0 Å². The zero-order chi connectivity index (χ0) is 16.9. The number of nitrogens with one attached hydrogen (secondary N) is 1. The first kappa shape index (κ1) is 15.6. The highest BCUT2D eigenvalue weighted by atomic mass is 19.3. The molecule has 0 aliphatic rings. The van der Waals surface area contributed by atoms with Gasteiger partial charge in [0, 0.05) is 0 Å². The fraction of sp³-hybridized carbons (Fsp3) is 0.0625. The van der Waals surface area contributed by atoms with Crippen molar-refractivity contribution in [2.24, 2.45) is 0 Å². The Bertz CT molecular complexity index is 838. The topological polar surface area (TPSA) is 69.0 Å². The number of nitrogens with zero attached hydrogens (tertiary/aromatic N) is 3. The van der Waals surface area contributed by atoms with Crippen molar-refractivity contribution in [2.45, 2.75) is 6.61 Å². The third-order valence-corrected chi connectivity index (χ3v) is 3.17. The van der Waals surface area contributed by atoms with Crippen LogP contribution in [0.5, 0.6) is 5.75 Å². The Morgan fingerprint density at radius 2 is 1.88 bits per heavy atom. The van der Waals surface area contributed by atoms with Crippen molar-refractivity contribution in [2.75, 3.05) is 5.32 Å². The van der Waals surface area contributed by atoms with E-state index in [0.717, 1.165) is 0 Å². The minimum absolute atomic E-state index is 0.00573. The number of ether oxygens (including phenoxy) is 1. The van der Waals surface area contributed by atoms with E-state index in [-0.39, 0.29) is 11.3 Å². The van der Waals surface area contributed by atoms with Crippen LogP contribution in [-0.2, 0) is 0 Å². The highest BCUT2D eigenvalue weighted by Gasteiger charge is 2.16. The Morgan fingerprint density at radius 1 is 1.12 bits per heavy atom. The van der Waals surface area contributed by atoms with Gasteiger partial charge in [-0.05, 0) is 24.3 Å². The second-order valence-electron chi connectivity index (χ2n) is 4.69. The summed E-state index contributed by atoms with van der Waals surface area (Å²) in [5, 5.41) is 6.69. The van der Waals surface area contributed by atoms with Gasteiger partial charge in [0.1, 0.15) is 18.4 Å². The van der Waals surface area contributed by atoms with Crippen molar-refractivity contribution in [3.8, 4) is 11.4 Å². The lowest BCUT2D eigenvalue weighted by molar-refractivity contribution is -0.0501. The maximum absolute atomic E-state index is 12.5. The molecule has 3 aromatic rings. The monoisotopic (exact) mass is 330 g/mol. The summed E-state index contributed by atoms with van der Waals surface area (Å²) in [7, 11) is 0. The first-order valence-corrected chi connectivity index (χ1v) is 6.94. The van der Waals surface area contributed by atoms with Crippen LogP contribution in [0.25, 0.3) is 5.69 Å². The van der Waals surface area contributed by atoms with Gasteiger partial charge in [-0.2, -0.15) is 13.9 Å². The molecule has 0 radical (unpaired) electrons. The number of hydrogen-bond donors (Lipinski definition) is 1. The number of benzene rings is 2. The molecule has 122 valence electrons. The number of carbonyl (C=O) groups excluding carboxylic acids is 1. The Balaban J connectivity index is 1.89. The fourth-order valence-electron chi connectivity index (χ4n) is 2.15. The largest absolute Gasteiger partial charge is 0.434 e. The maximum Gasteiger partial charge on any atom is 0.387 e. The minimum atomic E-state index is -3.01. The number of alkyl halides is 2. The number of hydrogen-bond acceptors (Lipinski definition) is 4. The number of amides is 1. The summed E-state index contributed by atoms with van der Waals surface area (Å²) in [6.45, 7) is -3.01. The standard InChI is InChI=1S/C16H12F2N4O2/c17-16(18)24-14-8-4-1-5-11(14)15(23)21-12-6-2-3-7-13(12)22-10-19-9-20-22/h1-10,16H,(H,21,23). The summed E-state index contributed by atoms with van der Waals surface area (Å²) in [4.78, 5) is 16.3. The van der Waals surface area contributed by atoms with E-state index in [1.54, 1.807) is 30.3 Å². The van der Waals surface area contributed by atoms with Crippen molar-refractivity contribution < 1.29 is 18.3 Å². The molecule has 0 unspecified atom stereocenters. The Morgan fingerprint density at radius 3 is 2.62 bits per heavy atom. The van der Waals surface area contributed by atoms with Crippen LogP contribution in [0.15, 0.2) is 61.2 Å². The SMILES string of the molecule is O=C(Nc1ccccc1-n1cncn1)c1ccccc1OC(F)F. The van der Waals surface area contributed by atoms with E-state index in [2.05, 4.69) is 20.1 Å². The van der Waals surface area contributed by atoms with Crippen LogP contribution in [0.2, 0.25) is 0 Å². The van der Waals surface area contributed by atoms with Gasteiger partial charge in [0.05, 0.1) is 16.9 Å². The molecule has 1 amide bonds. The summed E-state index contributed by atoms with van der Waals surface area (Å²) >= 11 is 0. The van der Waals surface area contributed by atoms with Gasteiger partial charge in [-0.1, -0.05) is 24.3 Å². The van der Waals surface area contributed by atoms with E-state index in [0.29, 0.717) is 11.4 Å². The Labute approximate surface area is 135 Å². The number of aromatic nitrogens is 3. The molecule has 0 bridgehead atoms. The fourth-order valence-corrected chi connectivity index (χ4v) is 2.15. The van der Waals surface area contributed by atoms with Crippen molar-refractivity contribution >= 4 is 11.6 Å². The van der Waals surface area contributed by atoms with Gasteiger partial charge in [0.25, 0.3) is 5.91 Å². The van der Waals surface area contributed by atoms with E-state index < -0.39 is 12.5 Å². The summed E-state index contributed by atoms with van der Waals surface area (Å²) in [5.74, 6) is -0.762. The maximum atomic E-state index is 12.5. The van der Waals surface area contributed by atoms with Gasteiger partial charge in [-0.15, -0.1) is 0 Å². The summed E-state index contributed by atoms with van der Waals surface area (Å²) in [5.41, 5.74) is 1.06. The molecular formula is C16H12F2N4O2. The predicted molar refractivity (Wildman–Crippen MR) is 82.4 cm³/mol. The number of carbonyl (C=O) groups is 1. The van der Waals surface area contributed by atoms with Crippen molar-refractivity contribution in [3.05, 3.63) is 66.7 Å². The van der Waals surface area contributed by atoms with Crippen molar-refractivity contribution in [1.82, 2.24) is 14.8 Å². The van der Waals surface area contributed by atoms with Crippen LogP contribution in [-0.4, -0.2) is 27.3 Å². The summed E-state index contributed by atoms with van der Waals surface area (Å²) in [6.07, 6.45) is 2.85. The van der Waals surface area contributed by atoms with E-state index in [4.69, 9.17) is 0 Å². The van der Waals surface area contributed by atoms with Gasteiger partial charge in [0.2, 0.25) is 0 Å². The molecule has 0 fully saturated rings. The molecule has 1 heterocycles. The van der Waals surface area contributed by atoms with Crippen molar-refractivity contribution in [3.63, 3.8) is 0 Å². The first-order valence-electron chi connectivity index (χ1n) is 6.94. The molecule has 0 spiro atoms. The molecule has 0 aliphatic heterocycles. The smallest absolute Gasteiger partial charge is 0.387 e. The lowest BCUT2D eigenvalue weighted by atomic mass is 10.1. The lowest BCUT2D eigenvalue weighted by Crippen LogP contribution is -2.16. The second kappa shape index (κ2) is 6.86. The van der Waals surface area contributed by atoms with Gasteiger partial charge in [-0.25, -0.2) is 9.67 Å². The molecule has 0 saturated carbocycles. The molecule has 6 nitrogen and oxygen atoms in total. The molecule has 8 heteroatoms. The van der Waals surface area contributed by atoms with Crippen molar-refractivity contribution in [1.29, 1.82) is 0 Å². The molecule has 1 N–H and O–H groups in total. The second-order valence-corrected chi connectivity index (χ2v) is 4.69. The molecule has 0 saturated heterocycles. The molecule has 2 aromatic carbocycles. The lowest BCUT2D eigenvalue weighted by Gasteiger charge is -2.13. The van der Waals surface area contributed by atoms with E-state index in [1.807, 2.05) is 0 Å². The molecule has 1 aromatic heterocycles. The number of para-hydroxylation sites is 3. The number of rotatable bonds is 5. The zero-order valence-electron chi connectivity index (χ0n) is 12.3. The number of anilines is 1. The van der Waals surface area contributed by atoms with Crippen LogP contribution < -0.4 is 10.1 Å². The van der Waals surface area contributed by atoms with Crippen LogP contribution in [0.4, 0.5) is 14.5 Å². The molecule has 0 atom stereocenters. The van der Waals surface area contributed by atoms with Gasteiger partial charge in [-0.3, -0.25) is 4.79 Å². The van der Waals surface area contributed by atoms with Crippen LogP contribution in [0.1, 0.15) is 10.4 Å².